The summed E-state index contributed by atoms with van der Waals surface area (Å²) in [4.78, 5) is 33.9. The fourth-order valence-electron chi connectivity index (χ4n) is 2.12. The number of benzene rings is 1. The molecule has 1 aromatic carbocycles. The number of esters is 1. The van der Waals surface area contributed by atoms with E-state index in [0.717, 1.165) is 0 Å². The van der Waals surface area contributed by atoms with E-state index < -0.39 is 17.9 Å². The van der Waals surface area contributed by atoms with Crippen LogP contribution in [0.25, 0.3) is 0 Å². The first-order valence-corrected chi connectivity index (χ1v) is 6.84. The van der Waals surface area contributed by atoms with E-state index in [-0.39, 0.29) is 48.3 Å². The molecule has 0 aliphatic rings. The molecule has 124 valence electrons. The van der Waals surface area contributed by atoms with Crippen molar-refractivity contribution in [1.29, 1.82) is 0 Å². The summed E-state index contributed by atoms with van der Waals surface area (Å²) in [5.74, 6) is -3.30. The first kappa shape index (κ1) is 18.4. The SMILES string of the molecule is C=C(C)C(=O)OCCc1ccc(C(=O)O)c(C(=O)O)c1CCO. The number of carboxylic acids is 2. The lowest BCUT2D eigenvalue weighted by Crippen LogP contribution is -2.16. The maximum atomic E-state index is 11.4. The maximum Gasteiger partial charge on any atom is 0.336 e. The van der Waals surface area contributed by atoms with Gasteiger partial charge in [0.1, 0.15) is 0 Å². The van der Waals surface area contributed by atoms with Crippen LogP contribution in [0.1, 0.15) is 38.8 Å². The third-order valence-electron chi connectivity index (χ3n) is 3.17. The molecule has 0 unspecified atom stereocenters. The van der Waals surface area contributed by atoms with Crippen LogP contribution in [0.2, 0.25) is 0 Å². The highest BCUT2D eigenvalue weighted by molar-refractivity contribution is 6.03. The molecule has 0 heterocycles. The average Bonchev–Trinajstić information content (AvgIpc) is 2.47. The molecular formula is C16H18O7. The van der Waals surface area contributed by atoms with Crippen LogP contribution in [0.4, 0.5) is 0 Å². The lowest BCUT2D eigenvalue weighted by molar-refractivity contribution is -0.138. The van der Waals surface area contributed by atoms with Gasteiger partial charge in [-0.05, 0) is 30.5 Å². The second kappa shape index (κ2) is 8.09. The van der Waals surface area contributed by atoms with Gasteiger partial charge in [0, 0.05) is 18.6 Å². The van der Waals surface area contributed by atoms with E-state index in [4.69, 9.17) is 14.9 Å². The molecule has 0 spiro atoms. The molecular weight excluding hydrogens is 304 g/mol. The Balaban J connectivity index is 3.14. The normalized spacial score (nSPS) is 10.2. The summed E-state index contributed by atoms with van der Waals surface area (Å²) < 4.78 is 4.95. The van der Waals surface area contributed by atoms with Crippen LogP contribution in [0, 0.1) is 0 Å². The van der Waals surface area contributed by atoms with Gasteiger partial charge in [0.15, 0.2) is 0 Å². The summed E-state index contributed by atoms with van der Waals surface area (Å²) in [7, 11) is 0. The predicted octanol–water partition coefficient (Wildman–Crippen LogP) is 1.28. The second-order valence-electron chi connectivity index (χ2n) is 4.88. The van der Waals surface area contributed by atoms with Crippen molar-refractivity contribution >= 4 is 17.9 Å². The highest BCUT2D eigenvalue weighted by Gasteiger charge is 2.22. The van der Waals surface area contributed by atoms with Gasteiger partial charge in [-0.25, -0.2) is 14.4 Å². The Morgan fingerprint density at radius 3 is 2.26 bits per heavy atom. The summed E-state index contributed by atoms with van der Waals surface area (Å²) in [6, 6.07) is 2.66. The predicted molar refractivity (Wildman–Crippen MR) is 80.6 cm³/mol. The van der Waals surface area contributed by atoms with Crippen molar-refractivity contribution in [1.82, 2.24) is 0 Å². The van der Waals surface area contributed by atoms with Gasteiger partial charge in [-0.2, -0.15) is 0 Å². The number of carbonyl (C=O) groups excluding carboxylic acids is 1. The molecule has 1 aromatic rings. The van der Waals surface area contributed by atoms with Gasteiger partial charge in [0.05, 0.1) is 17.7 Å². The van der Waals surface area contributed by atoms with Crippen LogP contribution in [0.15, 0.2) is 24.3 Å². The number of rotatable bonds is 8. The van der Waals surface area contributed by atoms with Gasteiger partial charge in [0.25, 0.3) is 0 Å². The maximum absolute atomic E-state index is 11.4. The van der Waals surface area contributed by atoms with Gasteiger partial charge in [-0.3, -0.25) is 0 Å². The summed E-state index contributed by atoms with van der Waals surface area (Å²) in [6.45, 7) is 4.61. The Labute approximate surface area is 132 Å². The van der Waals surface area contributed by atoms with Crippen molar-refractivity contribution < 1.29 is 34.4 Å². The first-order valence-electron chi connectivity index (χ1n) is 6.84. The van der Waals surface area contributed by atoms with E-state index in [0.29, 0.717) is 5.56 Å². The van der Waals surface area contributed by atoms with Crippen LogP contribution in [-0.2, 0) is 22.4 Å². The molecule has 7 nitrogen and oxygen atoms in total. The molecule has 0 fully saturated rings. The zero-order valence-electron chi connectivity index (χ0n) is 12.7. The van der Waals surface area contributed by atoms with Crippen LogP contribution in [0.5, 0.6) is 0 Å². The van der Waals surface area contributed by atoms with Crippen molar-refractivity contribution in [3.05, 3.63) is 46.5 Å². The van der Waals surface area contributed by atoms with Crippen molar-refractivity contribution in [3.63, 3.8) is 0 Å². The Hall–Kier alpha value is -2.67. The van der Waals surface area contributed by atoms with E-state index in [2.05, 4.69) is 6.58 Å². The minimum atomic E-state index is -1.38. The van der Waals surface area contributed by atoms with E-state index in [1.165, 1.54) is 19.1 Å². The van der Waals surface area contributed by atoms with Crippen LogP contribution in [-0.4, -0.2) is 46.4 Å². The number of carbonyl (C=O) groups is 3. The number of hydrogen-bond acceptors (Lipinski definition) is 5. The Bertz CT molecular complexity index is 646. The van der Waals surface area contributed by atoms with Crippen molar-refractivity contribution in [2.45, 2.75) is 19.8 Å². The lowest BCUT2D eigenvalue weighted by atomic mass is 9.92. The molecule has 3 N–H and O–H groups in total. The lowest BCUT2D eigenvalue weighted by Gasteiger charge is -2.14. The largest absolute Gasteiger partial charge is 0.478 e. The smallest absolute Gasteiger partial charge is 0.336 e. The number of aromatic carboxylic acids is 2. The summed E-state index contributed by atoms with van der Waals surface area (Å²) in [5.41, 5.74) is 0.286. The zero-order chi connectivity index (χ0) is 17.6. The molecule has 0 aromatic heterocycles. The van der Waals surface area contributed by atoms with Crippen LogP contribution >= 0.6 is 0 Å². The zero-order valence-corrected chi connectivity index (χ0v) is 12.7. The van der Waals surface area contributed by atoms with Gasteiger partial charge in [-0.1, -0.05) is 12.6 Å². The first-order chi connectivity index (χ1) is 10.8. The standard InChI is InChI=1S/C16H18O7/c1-9(2)16(22)23-8-6-10-3-4-12(14(18)19)13(15(20)21)11(10)5-7-17/h3-4,17H,1,5-8H2,2H3,(H,18,19)(H,20,21). The quantitative estimate of drug-likeness (QED) is 0.487. The number of aliphatic hydroxyl groups is 1. The molecule has 0 bridgehead atoms. The monoisotopic (exact) mass is 322 g/mol. The molecule has 1 rings (SSSR count). The van der Waals surface area contributed by atoms with Gasteiger partial charge in [0.2, 0.25) is 0 Å². The molecule has 0 aliphatic carbocycles. The Morgan fingerprint density at radius 1 is 1.13 bits per heavy atom. The van der Waals surface area contributed by atoms with Gasteiger partial charge >= 0.3 is 17.9 Å². The summed E-state index contributed by atoms with van der Waals surface area (Å²) in [6.07, 6.45) is 0.195. The van der Waals surface area contributed by atoms with E-state index in [9.17, 15) is 19.5 Å². The van der Waals surface area contributed by atoms with Crippen molar-refractivity contribution in [2.75, 3.05) is 13.2 Å². The average molecular weight is 322 g/mol. The minimum Gasteiger partial charge on any atom is -0.478 e. The van der Waals surface area contributed by atoms with Gasteiger partial charge in [-0.15, -0.1) is 0 Å². The second-order valence-corrected chi connectivity index (χ2v) is 4.88. The highest BCUT2D eigenvalue weighted by atomic mass is 16.5. The third kappa shape index (κ3) is 4.65. The highest BCUT2D eigenvalue weighted by Crippen LogP contribution is 2.21. The van der Waals surface area contributed by atoms with E-state index in [1.807, 2.05) is 0 Å². The fourth-order valence-corrected chi connectivity index (χ4v) is 2.12. The molecule has 7 heteroatoms. The summed E-state index contributed by atoms with van der Waals surface area (Å²) in [5, 5.41) is 27.5. The van der Waals surface area contributed by atoms with Crippen LogP contribution in [0.3, 0.4) is 0 Å². The van der Waals surface area contributed by atoms with E-state index in [1.54, 1.807) is 0 Å². The minimum absolute atomic E-state index is 0.00437. The molecule has 0 saturated carbocycles. The molecule has 0 atom stereocenters. The van der Waals surface area contributed by atoms with Gasteiger partial charge < -0.3 is 20.1 Å². The number of aliphatic hydroxyl groups excluding tert-OH is 1. The van der Waals surface area contributed by atoms with Crippen molar-refractivity contribution in [3.8, 4) is 0 Å². The summed E-state index contributed by atoms with van der Waals surface area (Å²) >= 11 is 0. The molecule has 23 heavy (non-hydrogen) atoms. The Kier molecular flexibility index (Phi) is 6.47. The molecule has 0 radical (unpaired) electrons. The third-order valence-corrected chi connectivity index (χ3v) is 3.17. The van der Waals surface area contributed by atoms with Crippen LogP contribution < -0.4 is 0 Å². The molecule has 0 aliphatic heterocycles. The van der Waals surface area contributed by atoms with Crippen molar-refractivity contribution in [2.24, 2.45) is 0 Å². The Morgan fingerprint density at radius 2 is 1.78 bits per heavy atom. The topological polar surface area (TPSA) is 121 Å². The molecule has 0 amide bonds. The number of ether oxygens (including phenoxy) is 1. The number of hydrogen-bond donors (Lipinski definition) is 3. The molecule has 0 saturated heterocycles. The van der Waals surface area contributed by atoms with E-state index >= 15 is 0 Å². The number of carboxylic acid groups (broad SMARTS) is 2. The fraction of sp³-hybridized carbons (Fsp3) is 0.312.